The molecule has 0 unspecified atom stereocenters. The Balaban J connectivity index is 0.000000176. The molecule has 0 atom stereocenters. The highest BCUT2D eigenvalue weighted by Crippen LogP contribution is 2.32. The van der Waals surface area contributed by atoms with Crippen molar-refractivity contribution in [1.82, 2.24) is 19.1 Å². The van der Waals surface area contributed by atoms with Gasteiger partial charge in [0.05, 0.1) is 45.5 Å². The van der Waals surface area contributed by atoms with Gasteiger partial charge < -0.3 is 15.5 Å². The average Bonchev–Trinajstić information content (AvgIpc) is 3.41. The number of anilines is 4. The van der Waals surface area contributed by atoms with Crippen LogP contribution in [0.3, 0.4) is 0 Å². The predicted molar refractivity (Wildman–Crippen MR) is 284 cm³/mol. The van der Waals surface area contributed by atoms with E-state index in [-0.39, 0.29) is 23.2 Å². The van der Waals surface area contributed by atoms with Crippen molar-refractivity contribution in [3.05, 3.63) is 272 Å². The van der Waals surface area contributed by atoms with Crippen LogP contribution < -0.4 is 26.7 Å². The van der Waals surface area contributed by atoms with Gasteiger partial charge in [0, 0.05) is 42.4 Å². The fourth-order valence-corrected chi connectivity index (χ4v) is 9.05. The first-order valence-electron chi connectivity index (χ1n) is 23.1. The lowest BCUT2D eigenvalue weighted by Gasteiger charge is -2.24. The lowest BCUT2D eigenvalue weighted by Crippen LogP contribution is -2.29. The van der Waals surface area contributed by atoms with Gasteiger partial charge in [-0.1, -0.05) is 121 Å². The van der Waals surface area contributed by atoms with E-state index < -0.39 is 5.91 Å². The molecule has 1 amide bonds. The van der Waals surface area contributed by atoms with Crippen LogP contribution >= 0.6 is 0 Å². The van der Waals surface area contributed by atoms with Crippen molar-refractivity contribution in [1.29, 1.82) is 5.26 Å². The zero-order chi connectivity index (χ0) is 49.6. The summed E-state index contributed by atoms with van der Waals surface area (Å²) in [6, 6.07) is 67.5. The van der Waals surface area contributed by atoms with Crippen LogP contribution in [0.2, 0.25) is 0 Å². The van der Waals surface area contributed by atoms with E-state index in [1.165, 1.54) is 0 Å². The van der Waals surface area contributed by atoms with Crippen molar-refractivity contribution in [3.63, 3.8) is 0 Å². The molecule has 0 spiro atoms. The highest BCUT2D eigenvalue weighted by Gasteiger charge is 2.24. The number of nitrogens with two attached hydrogens (primary N) is 1. The maximum atomic E-state index is 14.0. The van der Waals surface area contributed by atoms with E-state index >= 15 is 0 Å². The molecule has 0 aliphatic heterocycles. The van der Waals surface area contributed by atoms with Crippen LogP contribution in [0.15, 0.2) is 216 Å². The van der Waals surface area contributed by atoms with Gasteiger partial charge in [0.15, 0.2) is 0 Å². The zero-order valence-electron chi connectivity index (χ0n) is 39.7. The molecule has 10 aromatic rings. The summed E-state index contributed by atoms with van der Waals surface area (Å²) < 4.78 is 3.57. The second-order valence-corrected chi connectivity index (χ2v) is 17.2. The monoisotopic (exact) mass is 930 g/mol. The molecule has 2 N–H and O–H groups in total. The van der Waals surface area contributed by atoms with Gasteiger partial charge in [-0.3, -0.25) is 23.5 Å². The fourth-order valence-electron chi connectivity index (χ4n) is 9.05. The summed E-state index contributed by atoms with van der Waals surface area (Å²) in [5, 5.41) is 10.2. The number of carbonyl (C=O) groups is 1. The third-order valence-corrected chi connectivity index (χ3v) is 12.8. The molecule has 348 valence electrons. The van der Waals surface area contributed by atoms with Gasteiger partial charge in [-0.15, -0.1) is 0 Å². The number of fused-ring (bicyclic) bond motifs is 2. The van der Waals surface area contributed by atoms with Gasteiger partial charge in [0.1, 0.15) is 11.6 Å². The number of primary amides is 1. The number of aromatic nitrogens is 4. The van der Waals surface area contributed by atoms with Gasteiger partial charge in [-0.25, -0.2) is 9.97 Å². The van der Waals surface area contributed by atoms with E-state index in [4.69, 9.17) is 21.0 Å². The van der Waals surface area contributed by atoms with E-state index in [0.29, 0.717) is 44.6 Å². The number of nitriles is 1. The van der Waals surface area contributed by atoms with Crippen molar-refractivity contribution < 1.29 is 4.79 Å². The molecular formula is C60H50N8O3. The van der Waals surface area contributed by atoms with Crippen molar-refractivity contribution in [2.24, 2.45) is 5.73 Å². The minimum absolute atomic E-state index is 0.0831. The molecule has 11 nitrogen and oxygen atoms in total. The summed E-state index contributed by atoms with van der Waals surface area (Å²) in [5.74, 6) is 0.838. The maximum Gasteiger partial charge on any atom is 0.262 e. The van der Waals surface area contributed by atoms with Gasteiger partial charge in [-0.2, -0.15) is 5.26 Å². The van der Waals surface area contributed by atoms with Crippen LogP contribution in [0.25, 0.3) is 21.8 Å². The fraction of sp³-hybridized carbons (Fsp3) is 0.100. The number of hydrogen-bond acceptors (Lipinski definition) is 8. The molecule has 8 aromatic carbocycles. The molecule has 0 saturated carbocycles. The Morgan fingerprint density at radius 3 is 1.14 bits per heavy atom. The van der Waals surface area contributed by atoms with Crippen LogP contribution in [0.5, 0.6) is 0 Å². The molecule has 0 radical (unpaired) electrons. The second-order valence-electron chi connectivity index (χ2n) is 17.2. The Morgan fingerprint density at radius 1 is 0.493 bits per heavy atom. The Hall–Kier alpha value is -9.40. The molecule has 71 heavy (non-hydrogen) atoms. The molecule has 2 aromatic heterocycles. The van der Waals surface area contributed by atoms with Gasteiger partial charge in [0.2, 0.25) is 5.91 Å². The third kappa shape index (κ3) is 9.68. The SMILES string of the molecule is Cc1nc2ccc(N(C)c3ccc(C#N)cc3)cc2c(=O)n1C(c1ccccc1)c1ccccc1.Cc1nc2ccc(N(C)c3ccc(C(N)=O)cc3)cc2c(=O)n1C(c1ccccc1)c1ccccc1. The summed E-state index contributed by atoms with van der Waals surface area (Å²) in [5.41, 5.74) is 15.1. The second kappa shape index (κ2) is 20.4. The first-order valence-corrected chi connectivity index (χ1v) is 23.1. The summed E-state index contributed by atoms with van der Waals surface area (Å²) in [6.45, 7) is 3.76. The molecule has 11 heteroatoms. The van der Waals surface area contributed by atoms with E-state index in [2.05, 4.69) is 6.07 Å². The van der Waals surface area contributed by atoms with E-state index in [1.54, 1.807) is 33.4 Å². The Labute approximate surface area is 411 Å². The Kier molecular flexibility index (Phi) is 13.4. The zero-order valence-corrected chi connectivity index (χ0v) is 39.7. The quantitative estimate of drug-likeness (QED) is 0.135. The molecule has 0 fully saturated rings. The van der Waals surface area contributed by atoms with Crippen LogP contribution in [0.4, 0.5) is 22.7 Å². The van der Waals surface area contributed by atoms with Gasteiger partial charge >= 0.3 is 0 Å². The minimum Gasteiger partial charge on any atom is -0.366 e. The first kappa shape index (κ1) is 46.7. The maximum absolute atomic E-state index is 14.0. The number of hydrogen-bond donors (Lipinski definition) is 1. The molecule has 0 aliphatic rings. The number of aryl methyl sites for hydroxylation is 2. The summed E-state index contributed by atoms with van der Waals surface area (Å²) in [4.78, 5) is 53.0. The summed E-state index contributed by atoms with van der Waals surface area (Å²) >= 11 is 0. The van der Waals surface area contributed by atoms with Gasteiger partial charge in [0.25, 0.3) is 11.1 Å². The number of carbonyl (C=O) groups excluding carboxylic acids is 1. The molecule has 0 bridgehead atoms. The Morgan fingerprint density at radius 2 is 0.817 bits per heavy atom. The largest absolute Gasteiger partial charge is 0.366 e. The predicted octanol–water partition coefficient (Wildman–Crippen LogP) is 11.2. The lowest BCUT2D eigenvalue weighted by atomic mass is 9.98. The highest BCUT2D eigenvalue weighted by atomic mass is 16.1. The van der Waals surface area contributed by atoms with Crippen LogP contribution in [0, 0.1) is 25.2 Å². The topological polar surface area (TPSA) is 143 Å². The Bertz CT molecular complexity index is 3590. The van der Waals surface area contributed by atoms with E-state index in [0.717, 1.165) is 45.0 Å². The van der Waals surface area contributed by atoms with Crippen LogP contribution in [0.1, 0.15) is 61.9 Å². The van der Waals surface area contributed by atoms with Crippen molar-refractivity contribution in [3.8, 4) is 6.07 Å². The average molecular weight is 931 g/mol. The molecule has 2 heterocycles. The van der Waals surface area contributed by atoms with Gasteiger partial charge in [-0.05, 0) is 121 Å². The molecular weight excluding hydrogens is 881 g/mol. The van der Waals surface area contributed by atoms with Crippen molar-refractivity contribution in [2.45, 2.75) is 25.9 Å². The smallest absolute Gasteiger partial charge is 0.262 e. The lowest BCUT2D eigenvalue weighted by molar-refractivity contribution is 0.1000. The highest BCUT2D eigenvalue weighted by molar-refractivity contribution is 5.93. The normalized spacial score (nSPS) is 11.0. The van der Waals surface area contributed by atoms with Crippen molar-refractivity contribution in [2.75, 3.05) is 23.9 Å². The number of nitrogens with zero attached hydrogens (tertiary/aromatic N) is 7. The standard InChI is InChI=1S/C30H26N4O2.C30H24N4O/c1-20-32-27-18-17-25(33(2)24-15-13-23(14-16-24)29(31)35)19-26(27)30(36)34(20)28(21-9-5-3-6-10-21)22-11-7-4-8-12-22;1-21-32-28-18-17-26(33(2)25-15-13-22(20-31)14-16-25)19-27(28)30(35)34(21)29(23-9-5-3-6-10-23)24-11-7-4-8-12-24/h3-19,28H,1-2H3,(H2,31,35);3-19,29H,1-2H3. The third-order valence-electron chi connectivity index (χ3n) is 12.8. The number of benzene rings is 8. The summed E-state index contributed by atoms with van der Waals surface area (Å²) in [7, 11) is 3.86. The minimum atomic E-state index is -0.469. The molecule has 0 aliphatic carbocycles. The number of rotatable bonds is 11. The van der Waals surface area contributed by atoms with Crippen molar-refractivity contribution >= 4 is 50.5 Å². The van der Waals surface area contributed by atoms with E-state index in [1.807, 2.05) is 220 Å². The summed E-state index contributed by atoms with van der Waals surface area (Å²) in [6.07, 6.45) is 0. The molecule has 0 saturated heterocycles. The number of amides is 1. The first-order chi connectivity index (χ1) is 34.5. The molecule has 10 rings (SSSR count). The van der Waals surface area contributed by atoms with E-state index in [9.17, 15) is 14.4 Å². The van der Waals surface area contributed by atoms with Crippen LogP contribution in [-0.4, -0.2) is 39.1 Å². The van der Waals surface area contributed by atoms with Crippen LogP contribution in [-0.2, 0) is 0 Å².